The molecule has 0 aromatic heterocycles. The quantitative estimate of drug-likeness (QED) is 0.321. The highest BCUT2D eigenvalue weighted by molar-refractivity contribution is 7.86. The van der Waals surface area contributed by atoms with E-state index in [1.165, 1.54) is 24.3 Å². The molecular weight excluding hydrogens is 611 g/mol. The number of carboxylic acids is 2. The van der Waals surface area contributed by atoms with Gasteiger partial charge in [-0.25, -0.2) is 0 Å². The fraction of sp³-hybridized carbons (Fsp3) is 0.238. The van der Waals surface area contributed by atoms with Crippen molar-refractivity contribution >= 4 is 68.3 Å². The van der Waals surface area contributed by atoms with E-state index in [0.29, 0.717) is 12.8 Å². The Bertz CT molecular complexity index is 1250. The molecule has 210 valence electrons. The fourth-order valence-electron chi connectivity index (χ4n) is 2.68. The third-order valence-electron chi connectivity index (χ3n) is 4.55. The fourth-order valence-corrected chi connectivity index (χ4v) is 3.42. The van der Waals surface area contributed by atoms with Gasteiger partial charge in [-0.1, -0.05) is 18.2 Å². The van der Waals surface area contributed by atoms with Crippen LogP contribution in [0.4, 0.5) is 17.1 Å². The Labute approximate surface area is 228 Å². The van der Waals surface area contributed by atoms with Gasteiger partial charge in [-0.3, -0.25) is 19.2 Å². The molecule has 1 aliphatic carbocycles. The molecule has 2 aromatic rings. The normalized spacial score (nSPS) is 16.1. The first kappa shape index (κ1) is 35.1. The van der Waals surface area contributed by atoms with Crippen LogP contribution in [0.15, 0.2) is 53.4 Å². The van der Waals surface area contributed by atoms with E-state index in [1.54, 1.807) is 0 Å². The van der Waals surface area contributed by atoms with Crippen LogP contribution in [-0.4, -0.2) is 47.4 Å². The van der Waals surface area contributed by atoms with Crippen LogP contribution in [-0.2, 0) is 19.8 Å². The van der Waals surface area contributed by atoms with Gasteiger partial charge in [0.1, 0.15) is 5.75 Å². The summed E-state index contributed by atoms with van der Waals surface area (Å²) in [6.45, 7) is 0. The summed E-state index contributed by atoms with van der Waals surface area (Å²) in [5.41, 5.74) is -0.103. The average Bonchev–Trinajstić information content (AvgIpc) is 2.71. The number of hydrogen-bond acceptors (Lipinski definition) is 7. The van der Waals surface area contributed by atoms with Crippen molar-refractivity contribution in [3.63, 3.8) is 0 Å². The minimum Gasteiger partial charge on any atom is -0.481 e. The lowest BCUT2D eigenvalue weighted by molar-refractivity contribution is -0.274. The smallest absolute Gasteiger partial charge is 0.481 e. The Morgan fingerprint density at radius 2 is 1.26 bits per heavy atom. The molecular formula is C21H17Cl3F4O9S. The summed E-state index contributed by atoms with van der Waals surface area (Å²) in [4.78, 5) is 41.1. The first-order valence-electron chi connectivity index (χ1n) is 9.68. The molecule has 1 saturated carbocycles. The molecule has 0 spiro atoms. The predicted molar refractivity (Wildman–Crippen MR) is 127 cm³/mol. The summed E-state index contributed by atoms with van der Waals surface area (Å²) >= 11 is 10.1. The van der Waals surface area contributed by atoms with Crippen molar-refractivity contribution in [3.05, 3.63) is 59.7 Å². The number of carboxylic acid groups (broad SMARTS) is 2. The maximum atomic E-state index is 12.4. The molecule has 0 heterocycles. The van der Waals surface area contributed by atoms with Crippen molar-refractivity contribution in [1.29, 1.82) is 0 Å². The Kier molecular flexibility index (Phi) is 13.7. The lowest BCUT2D eigenvalue weighted by Crippen LogP contribution is -2.37. The van der Waals surface area contributed by atoms with Gasteiger partial charge in [0.25, 0.3) is 10.5 Å². The van der Waals surface area contributed by atoms with Crippen molar-refractivity contribution in [2.75, 3.05) is 0 Å². The van der Waals surface area contributed by atoms with Crippen molar-refractivity contribution in [2.45, 2.75) is 24.1 Å². The van der Waals surface area contributed by atoms with Gasteiger partial charge in [-0.05, 0) is 66.4 Å². The molecule has 38 heavy (non-hydrogen) atoms. The Hall–Kier alpha value is -2.94. The average molecular weight is 628 g/mol. The molecule has 2 N–H and O–H groups in total. The number of alkyl halides is 3. The van der Waals surface area contributed by atoms with Crippen LogP contribution in [0, 0.1) is 11.8 Å². The van der Waals surface area contributed by atoms with Gasteiger partial charge in [0, 0.05) is 11.1 Å². The first-order chi connectivity index (χ1) is 16.9. The Morgan fingerprint density at radius 3 is 1.61 bits per heavy atom. The molecule has 0 aliphatic heterocycles. The summed E-state index contributed by atoms with van der Waals surface area (Å²) in [6.07, 6.45) is -3.76. The molecule has 0 unspecified atom stereocenters. The van der Waals surface area contributed by atoms with Gasteiger partial charge in [0.15, 0.2) is 0 Å². The zero-order valence-corrected chi connectivity index (χ0v) is 21.7. The summed E-state index contributed by atoms with van der Waals surface area (Å²) < 4.78 is 71.9. The highest BCUT2D eigenvalue weighted by Gasteiger charge is 2.41. The second-order valence-electron chi connectivity index (χ2n) is 7.06. The van der Waals surface area contributed by atoms with Crippen LogP contribution < -0.4 is 4.74 Å². The highest BCUT2D eigenvalue weighted by Crippen LogP contribution is 2.34. The third-order valence-corrected chi connectivity index (χ3v) is 5.80. The molecule has 2 atom stereocenters. The van der Waals surface area contributed by atoms with E-state index in [4.69, 9.17) is 33.4 Å². The molecule has 1 aliphatic rings. The lowest BCUT2D eigenvalue weighted by Gasteiger charge is -2.29. The number of benzene rings is 2. The zero-order chi connectivity index (χ0) is 28.6. The topological polar surface area (TPSA) is 152 Å². The van der Waals surface area contributed by atoms with E-state index in [1.807, 2.05) is 0 Å². The summed E-state index contributed by atoms with van der Waals surface area (Å²) in [7, 11) is -4.77. The standard InChI is InChI=1S/C8H4ClF3O2.C7H4ClFO3S.C6H8O4.ClH/c9-7(13)5-2-1-3-6(4-5)14-8(10,11)12;8-7(10)5-2-1-3-6(4-5)13(9,11)12;7-5(8)3-1-2-4(3)6(9)10;/h1-4H;1-4H;3-4H,1-2H2,(H,7,8)(H,9,10);1H/t;;3-,4-;/m..1./s1. The minimum absolute atomic E-state index is 0. The molecule has 0 saturated heterocycles. The van der Waals surface area contributed by atoms with E-state index in [9.17, 15) is 44.7 Å². The molecule has 3 rings (SSSR count). The predicted octanol–water partition coefficient (Wildman–Crippen LogP) is 5.29. The minimum atomic E-state index is -4.77. The number of hydrogen-bond donors (Lipinski definition) is 2. The first-order valence-corrected chi connectivity index (χ1v) is 11.8. The van der Waals surface area contributed by atoms with Crippen LogP contribution >= 0.6 is 35.6 Å². The second kappa shape index (κ2) is 14.9. The summed E-state index contributed by atoms with van der Waals surface area (Å²) in [5, 5.41) is 15.1. The van der Waals surface area contributed by atoms with E-state index >= 15 is 0 Å². The lowest BCUT2D eigenvalue weighted by atomic mass is 9.74. The SMILES string of the molecule is Cl.O=C(Cl)c1cccc(OC(F)(F)F)c1.O=C(Cl)c1cccc(S(=O)(=O)F)c1.O=C(O)[C@@H]1CC[C@H]1C(=O)O. The van der Waals surface area contributed by atoms with Crippen LogP contribution in [0.2, 0.25) is 0 Å². The van der Waals surface area contributed by atoms with Crippen LogP contribution in [0.25, 0.3) is 0 Å². The Balaban J connectivity index is 0.000000540. The molecule has 17 heteroatoms. The number of rotatable bonds is 6. The molecule has 1 fully saturated rings. The molecule has 0 amide bonds. The van der Waals surface area contributed by atoms with E-state index in [-0.39, 0.29) is 23.5 Å². The number of aliphatic carboxylic acids is 2. The molecule has 2 aromatic carbocycles. The molecule has 0 radical (unpaired) electrons. The van der Waals surface area contributed by atoms with Gasteiger partial charge in [0.2, 0.25) is 0 Å². The van der Waals surface area contributed by atoms with E-state index in [2.05, 4.69) is 4.74 Å². The van der Waals surface area contributed by atoms with Gasteiger partial charge in [-0.15, -0.1) is 29.5 Å². The number of halogens is 7. The highest BCUT2D eigenvalue weighted by atomic mass is 35.5. The summed E-state index contributed by atoms with van der Waals surface area (Å²) in [5.74, 6) is -3.73. The van der Waals surface area contributed by atoms with Gasteiger partial charge < -0.3 is 14.9 Å². The third kappa shape index (κ3) is 12.1. The van der Waals surface area contributed by atoms with Crippen molar-refractivity contribution in [1.82, 2.24) is 0 Å². The van der Waals surface area contributed by atoms with Crippen LogP contribution in [0.3, 0.4) is 0 Å². The summed E-state index contributed by atoms with van der Waals surface area (Å²) in [6, 6.07) is 8.99. The monoisotopic (exact) mass is 626 g/mol. The maximum Gasteiger partial charge on any atom is 0.573 e. The largest absolute Gasteiger partial charge is 0.573 e. The molecule has 0 bridgehead atoms. The number of carbonyl (C=O) groups excluding carboxylic acids is 2. The second-order valence-corrected chi connectivity index (χ2v) is 9.09. The van der Waals surface area contributed by atoms with Gasteiger partial charge in [0.05, 0.1) is 16.7 Å². The number of ether oxygens (including phenoxy) is 1. The van der Waals surface area contributed by atoms with Gasteiger partial charge >= 0.3 is 28.5 Å². The van der Waals surface area contributed by atoms with Crippen molar-refractivity contribution in [2.24, 2.45) is 11.8 Å². The van der Waals surface area contributed by atoms with E-state index < -0.39 is 61.5 Å². The van der Waals surface area contributed by atoms with Crippen LogP contribution in [0.1, 0.15) is 33.6 Å². The molecule has 9 nitrogen and oxygen atoms in total. The van der Waals surface area contributed by atoms with Crippen molar-refractivity contribution < 1.29 is 59.6 Å². The van der Waals surface area contributed by atoms with Crippen molar-refractivity contribution in [3.8, 4) is 5.75 Å². The Morgan fingerprint density at radius 1 is 0.842 bits per heavy atom. The number of carbonyl (C=O) groups is 4. The van der Waals surface area contributed by atoms with E-state index in [0.717, 1.165) is 24.3 Å². The zero-order valence-electron chi connectivity index (χ0n) is 18.5. The van der Waals surface area contributed by atoms with Gasteiger partial charge in [-0.2, -0.15) is 8.42 Å². The maximum absolute atomic E-state index is 12.4. The van der Waals surface area contributed by atoms with Crippen LogP contribution in [0.5, 0.6) is 5.75 Å².